The van der Waals surface area contributed by atoms with E-state index in [1.54, 1.807) is 6.20 Å². The van der Waals surface area contributed by atoms with Gasteiger partial charge in [-0.05, 0) is 56.9 Å². The highest BCUT2D eigenvalue weighted by atomic mass is 16.2. The lowest BCUT2D eigenvalue weighted by molar-refractivity contribution is 0.0765. The van der Waals surface area contributed by atoms with Crippen molar-refractivity contribution in [3.63, 3.8) is 0 Å². The standard InChI is InChI=1S/C23H29N5O/c1-15(2)20-13-19(26-28(20)23(3,4)5)22(29)27-11-8-16(9-12-27)18-14-25-21-17(18)7-6-10-24-21/h6-8,10,13-15H,9,11-12H2,1-5H3,(H,24,25). The fourth-order valence-corrected chi connectivity index (χ4v) is 3.93. The number of carbonyl (C=O) groups is 1. The number of amides is 1. The highest BCUT2D eigenvalue weighted by Crippen LogP contribution is 2.29. The van der Waals surface area contributed by atoms with E-state index in [2.05, 4.69) is 61.8 Å². The third-order valence-corrected chi connectivity index (χ3v) is 5.48. The normalized spacial score (nSPS) is 15.2. The maximum Gasteiger partial charge on any atom is 0.274 e. The molecule has 0 saturated heterocycles. The summed E-state index contributed by atoms with van der Waals surface area (Å²) in [5, 5.41) is 5.81. The zero-order valence-electron chi connectivity index (χ0n) is 17.9. The second kappa shape index (κ2) is 7.17. The molecule has 3 aromatic heterocycles. The molecule has 0 aromatic carbocycles. The Hall–Kier alpha value is -2.89. The van der Waals surface area contributed by atoms with E-state index in [4.69, 9.17) is 0 Å². The van der Waals surface area contributed by atoms with Crippen LogP contribution >= 0.6 is 0 Å². The average molecular weight is 392 g/mol. The Bertz CT molecular complexity index is 1080. The first kappa shape index (κ1) is 19.4. The molecule has 0 radical (unpaired) electrons. The minimum atomic E-state index is -0.156. The Balaban J connectivity index is 1.56. The summed E-state index contributed by atoms with van der Waals surface area (Å²) >= 11 is 0. The van der Waals surface area contributed by atoms with Crippen LogP contribution in [0.5, 0.6) is 0 Å². The van der Waals surface area contributed by atoms with Crippen molar-refractivity contribution in [2.24, 2.45) is 0 Å². The molecule has 3 aromatic rings. The number of hydrogen-bond donors (Lipinski definition) is 1. The molecule has 0 unspecified atom stereocenters. The molecule has 1 aliphatic heterocycles. The van der Waals surface area contributed by atoms with Crippen LogP contribution in [-0.4, -0.2) is 43.6 Å². The number of rotatable bonds is 3. The van der Waals surface area contributed by atoms with Crippen LogP contribution in [0, 0.1) is 0 Å². The van der Waals surface area contributed by atoms with Gasteiger partial charge in [-0.15, -0.1) is 0 Å². The van der Waals surface area contributed by atoms with Gasteiger partial charge in [0.25, 0.3) is 5.91 Å². The van der Waals surface area contributed by atoms with Crippen molar-refractivity contribution in [2.75, 3.05) is 13.1 Å². The molecular formula is C23H29N5O. The smallest absolute Gasteiger partial charge is 0.274 e. The van der Waals surface area contributed by atoms with Crippen LogP contribution in [0.25, 0.3) is 16.6 Å². The van der Waals surface area contributed by atoms with Crippen LogP contribution in [-0.2, 0) is 5.54 Å². The Morgan fingerprint density at radius 3 is 2.69 bits per heavy atom. The number of aromatic nitrogens is 4. The van der Waals surface area contributed by atoms with Crippen LogP contribution in [0.3, 0.4) is 0 Å². The minimum absolute atomic E-state index is 0.00536. The second-order valence-electron chi connectivity index (χ2n) is 9.02. The van der Waals surface area contributed by atoms with Crippen molar-refractivity contribution < 1.29 is 4.79 Å². The fourth-order valence-electron chi connectivity index (χ4n) is 3.93. The van der Waals surface area contributed by atoms with Crippen molar-refractivity contribution in [3.8, 4) is 0 Å². The molecular weight excluding hydrogens is 362 g/mol. The predicted octanol–water partition coefficient (Wildman–Crippen LogP) is 4.57. The van der Waals surface area contributed by atoms with Gasteiger partial charge < -0.3 is 9.88 Å². The molecule has 152 valence electrons. The molecule has 0 fully saturated rings. The van der Waals surface area contributed by atoms with Gasteiger partial charge in [-0.2, -0.15) is 5.10 Å². The third-order valence-electron chi connectivity index (χ3n) is 5.48. The van der Waals surface area contributed by atoms with Gasteiger partial charge in [0, 0.05) is 42.1 Å². The lowest BCUT2D eigenvalue weighted by Gasteiger charge is -2.26. The molecule has 0 atom stereocenters. The predicted molar refractivity (Wildman–Crippen MR) is 116 cm³/mol. The number of pyridine rings is 1. The molecule has 1 amide bonds. The van der Waals surface area contributed by atoms with E-state index < -0.39 is 0 Å². The van der Waals surface area contributed by atoms with E-state index >= 15 is 0 Å². The number of H-pyrrole nitrogens is 1. The summed E-state index contributed by atoms with van der Waals surface area (Å²) in [7, 11) is 0. The van der Waals surface area contributed by atoms with Crippen LogP contribution in [0.4, 0.5) is 0 Å². The molecule has 6 nitrogen and oxygen atoms in total. The second-order valence-corrected chi connectivity index (χ2v) is 9.02. The lowest BCUT2D eigenvalue weighted by atomic mass is 9.99. The van der Waals surface area contributed by atoms with Gasteiger partial charge in [-0.1, -0.05) is 19.9 Å². The van der Waals surface area contributed by atoms with E-state index in [-0.39, 0.29) is 11.4 Å². The van der Waals surface area contributed by atoms with Gasteiger partial charge in [-0.25, -0.2) is 4.98 Å². The van der Waals surface area contributed by atoms with Crippen LogP contribution in [0.2, 0.25) is 0 Å². The first-order valence-electron chi connectivity index (χ1n) is 10.3. The number of nitrogens with zero attached hydrogens (tertiary/aromatic N) is 4. The Kier molecular flexibility index (Phi) is 4.81. The maximum atomic E-state index is 13.1. The lowest BCUT2D eigenvalue weighted by Crippen LogP contribution is -2.35. The number of aromatic amines is 1. The third kappa shape index (κ3) is 3.59. The number of hydrogen-bond acceptors (Lipinski definition) is 3. The van der Waals surface area contributed by atoms with E-state index in [0.717, 1.165) is 23.1 Å². The SMILES string of the molecule is CC(C)c1cc(C(=O)N2CC=C(c3c[nH]c4ncccc34)CC2)nn1C(C)(C)C. The van der Waals surface area contributed by atoms with E-state index in [1.165, 1.54) is 11.1 Å². The summed E-state index contributed by atoms with van der Waals surface area (Å²) in [6, 6.07) is 6.00. The summed E-state index contributed by atoms with van der Waals surface area (Å²) in [5.74, 6) is 0.317. The molecule has 4 rings (SSSR count). The molecule has 0 bridgehead atoms. The zero-order valence-corrected chi connectivity index (χ0v) is 17.9. The molecule has 29 heavy (non-hydrogen) atoms. The first-order valence-corrected chi connectivity index (χ1v) is 10.3. The van der Waals surface area contributed by atoms with Gasteiger partial charge in [0.05, 0.1) is 5.54 Å². The number of nitrogens with one attached hydrogen (secondary N) is 1. The fraction of sp³-hybridized carbons (Fsp3) is 0.435. The Morgan fingerprint density at radius 2 is 2.07 bits per heavy atom. The van der Waals surface area contributed by atoms with Crippen molar-refractivity contribution in [1.29, 1.82) is 0 Å². The molecule has 0 saturated carbocycles. The molecule has 0 aliphatic carbocycles. The highest BCUT2D eigenvalue weighted by Gasteiger charge is 2.27. The summed E-state index contributed by atoms with van der Waals surface area (Å²) in [6.07, 6.45) is 6.78. The van der Waals surface area contributed by atoms with Crippen LogP contribution in [0.15, 0.2) is 36.7 Å². The average Bonchev–Trinajstić information content (AvgIpc) is 3.32. The van der Waals surface area contributed by atoms with E-state index in [0.29, 0.717) is 24.7 Å². The van der Waals surface area contributed by atoms with Gasteiger partial charge in [0.1, 0.15) is 5.65 Å². The quantitative estimate of drug-likeness (QED) is 0.711. The minimum Gasteiger partial charge on any atom is -0.346 e. The van der Waals surface area contributed by atoms with Crippen LogP contribution in [0.1, 0.15) is 68.7 Å². The summed E-state index contributed by atoms with van der Waals surface area (Å²) in [5.41, 5.74) is 4.82. The van der Waals surface area contributed by atoms with E-state index in [9.17, 15) is 4.79 Å². The molecule has 1 aliphatic rings. The summed E-state index contributed by atoms with van der Waals surface area (Å²) < 4.78 is 2.00. The van der Waals surface area contributed by atoms with Gasteiger partial charge >= 0.3 is 0 Å². The molecule has 4 heterocycles. The van der Waals surface area contributed by atoms with Gasteiger partial charge in [0.2, 0.25) is 0 Å². The zero-order chi connectivity index (χ0) is 20.8. The van der Waals surface area contributed by atoms with Crippen molar-refractivity contribution in [3.05, 3.63) is 53.6 Å². The topological polar surface area (TPSA) is 66.8 Å². The van der Waals surface area contributed by atoms with Gasteiger partial charge in [-0.3, -0.25) is 9.48 Å². The summed E-state index contributed by atoms with van der Waals surface area (Å²) in [4.78, 5) is 22.6. The van der Waals surface area contributed by atoms with Crippen molar-refractivity contribution in [1.82, 2.24) is 24.6 Å². The van der Waals surface area contributed by atoms with Crippen LogP contribution < -0.4 is 0 Å². The Labute approximate surface area is 171 Å². The largest absolute Gasteiger partial charge is 0.346 e. The van der Waals surface area contributed by atoms with Crippen molar-refractivity contribution in [2.45, 2.75) is 52.5 Å². The monoisotopic (exact) mass is 391 g/mol. The molecule has 0 spiro atoms. The number of fused-ring (bicyclic) bond motifs is 1. The molecule has 6 heteroatoms. The van der Waals surface area contributed by atoms with Crippen molar-refractivity contribution >= 4 is 22.5 Å². The maximum absolute atomic E-state index is 13.1. The first-order chi connectivity index (χ1) is 13.8. The Morgan fingerprint density at radius 1 is 1.28 bits per heavy atom. The van der Waals surface area contributed by atoms with Gasteiger partial charge in [0.15, 0.2) is 5.69 Å². The highest BCUT2D eigenvalue weighted by molar-refractivity contribution is 5.94. The summed E-state index contributed by atoms with van der Waals surface area (Å²) in [6.45, 7) is 11.9. The molecule has 1 N–H and O–H groups in total. The number of carbonyl (C=O) groups excluding carboxylic acids is 1. The van der Waals surface area contributed by atoms with E-state index in [1.807, 2.05) is 27.9 Å².